The number of rotatable bonds is 6. The van der Waals surface area contributed by atoms with Gasteiger partial charge in [-0.3, -0.25) is 0 Å². The predicted molar refractivity (Wildman–Crippen MR) is 73.8 cm³/mol. The molecule has 0 amide bonds. The van der Waals surface area contributed by atoms with Crippen molar-refractivity contribution in [3.05, 3.63) is 23.8 Å². The number of nitrogens with zero attached hydrogens (tertiary/aromatic N) is 1. The second-order valence-corrected chi connectivity index (χ2v) is 4.46. The molecule has 0 fully saturated rings. The van der Waals surface area contributed by atoms with Crippen LogP contribution < -0.4 is 15.4 Å². The number of benzene rings is 1. The Morgan fingerprint density at radius 2 is 2.12 bits per heavy atom. The van der Waals surface area contributed by atoms with Crippen molar-refractivity contribution in [2.24, 2.45) is 5.73 Å². The molecule has 0 aromatic heterocycles. The van der Waals surface area contributed by atoms with Crippen LogP contribution >= 0.6 is 0 Å². The van der Waals surface area contributed by atoms with E-state index in [1.807, 2.05) is 19.1 Å². The number of nitrogens with two attached hydrogens (primary N) is 1. The minimum atomic E-state index is -0.0229. The molecule has 0 unspecified atom stereocenters. The minimum Gasteiger partial charge on any atom is -0.496 e. The summed E-state index contributed by atoms with van der Waals surface area (Å²) in [5.41, 5.74) is 8.32. The van der Waals surface area contributed by atoms with Crippen LogP contribution in [0.2, 0.25) is 0 Å². The molecule has 0 aliphatic carbocycles. The molecular weight excluding hydrogens is 212 g/mol. The zero-order chi connectivity index (χ0) is 12.8. The van der Waals surface area contributed by atoms with E-state index in [1.165, 1.54) is 18.5 Å². The zero-order valence-corrected chi connectivity index (χ0v) is 11.4. The van der Waals surface area contributed by atoms with Gasteiger partial charge in [-0.25, -0.2) is 0 Å². The molecule has 1 aromatic rings. The summed E-state index contributed by atoms with van der Waals surface area (Å²) < 4.78 is 5.40. The van der Waals surface area contributed by atoms with Gasteiger partial charge in [0, 0.05) is 30.9 Å². The quantitative estimate of drug-likeness (QED) is 0.825. The highest BCUT2D eigenvalue weighted by atomic mass is 16.5. The average molecular weight is 236 g/mol. The summed E-state index contributed by atoms with van der Waals surface area (Å²) in [6.45, 7) is 5.24. The highest BCUT2D eigenvalue weighted by Gasteiger charge is 2.15. The first-order valence-corrected chi connectivity index (χ1v) is 6.25. The molecule has 0 aliphatic heterocycles. The predicted octanol–water partition coefficient (Wildman–Crippen LogP) is 2.95. The normalized spacial score (nSPS) is 12.3. The molecule has 3 nitrogen and oxygen atoms in total. The number of hydrogen-bond acceptors (Lipinski definition) is 3. The van der Waals surface area contributed by atoms with Crippen LogP contribution in [0.3, 0.4) is 0 Å². The van der Waals surface area contributed by atoms with Crippen LogP contribution in [0.5, 0.6) is 5.75 Å². The summed E-state index contributed by atoms with van der Waals surface area (Å²) in [4.78, 5) is 2.25. The summed E-state index contributed by atoms with van der Waals surface area (Å²) in [6.07, 6.45) is 2.38. The first-order chi connectivity index (χ1) is 8.11. The molecule has 3 heteroatoms. The Bertz CT molecular complexity index is 350. The highest BCUT2D eigenvalue weighted by Crippen LogP contribution is 2.33. The van der Waals surface area contributed by atoms with E-state index in [1.54, 1.807) is 7.11 Å². The van der Waals surface area contributed by atoms with Gasteiger partial charge in [0.2, 0.25) is 0 Å². The molecule has 1 rings (SSSR count). The van der Waals surface area contributed by atoms with E-state index in [9.17, 15) is 0 Å². The topological polar surface area (TPSA) is 38.5 Å². The number of methoxy groups -OCH3 is 1. The maximum atomic E-state index is 6.05. The Balaban J connectivity index is 3.05. The Labute approximate surface area is 105 Å². The largest absolute Gasteiger partial charge is 0.496 e. The Hall–Kier alpha value is -1.22. The molecular formula is C14H24N2O. The van der Waals surface area contributed by atoms with Gasteiger partial charge in [-0.05, 0) is 25.5 Å². The lowest BCUT2D eigenvalue weighted by Gasteiger charge is -2.25. The van der Waals surface area contributed by atoms with Crippen molar-refractivity contribution in [2.75, 3.05) is 25.6 Å². The number of hydrogen-bond donors (Lipinski definition) is 1. The lowest BCUT2D eigenvalue weighted by Crippen LogP contribution is -2.22. The molecule has 0 saturated heterocycles. The third-order valence-electron chi connectivity index (χ3n) is 2.98. The van der Waals surface area contributed by atoms with Crippen molar-refractivity contribution in [1.29, 1.82) is 0 Å². The zero-order valence-electron chi connectivity index (χ0n) is 11.4. The third kappa shape index (κ3) is 3.37. The van der Waals surface area contributed by atoms with Gasteiger partial charge in [0.1, 0.15) is 5.75 Å². The molecule has 0 heterocycles. The second kappa shape index (κ2) is 6.50. The molecule has 0 spiro atoms. The van der Waals surface area contributed by atoms with Crippen LogP contribution in [0.25, 0.3) is 0 Å². The van der Waals surface area contributed by atoms with Gasteiger partial charge in [-0.1, -0.05) is 19.4 Å². The van der Waals surface area contributed by atoms with E-state index in [2.05, 4.69) is 24.9 Å². The standard InChI is InChI=1S/C14H24N2O/c1-5-6-10-16(3)12-8-7-9-13(17-4)14(12)11(2)15/h7-9,11H,5-6,10,15H2,1-4H3/t11-/m1/s1. The number of anilines is 1. The van der Waals surface area contributed by atoms with Crippen molar-refractivity contribution in [3.8, 4) is 5.75 Å². The SMILES string of the molecule is CCCCN(C)c1cccc(OC)c1[C@@H](C)N. The van der Waals surface area contributed by atoms with E-state index >= 15 is 0 Å². The maximum absolute atomic E-state index is 6.05. The summed E-state index contributed by atoms with van der Waals surface area (Å²) in [6, 6.07) is 6.07. The van der Waals surface area contributed by atoms with Crippen molar-refractivity contribution in [1.82, 2.24) is 0 Å². The first-order valence-electron chi connectivity index (χ1n) is 6.25. The minimum absolute atomic E-state index is 0.0229. The van der Waals surface area contributed by atoms with Crippen LogP contribution in [-0.4, -0.2) is 20.7 Å². The van der Waals surface area contributed by atoms with Gasteiger partial charge in [0.25, 0.3) is 0 Å². The third-order valence-corrected chi connectivity index (χ3v) is 2.98. The average Bonchev–Trinajstić information content (AvgIpc) is 2.34. The molecule has 0 bridgehead atoms. The van der Waals surface area contributed by atoms with Crippen molar-refractivity contribution < 1.29 is 4.74 Å². The highest BCUT2D eigenvalue weighted by molar-refractivity contribution is 5.60. The summed E-state index contributed by atoms with van der Waals surface area (Å²) in [5, 5.41) is 0. The van der Waals surface area contributed by atoms with Crippen molar-refractivity contribution in [2.45, 2.75) is 32.7 Å². The second-order valence-electron chi connectivity index (χ2n) is 4.46. The van der Waals surface area contributed by atoms with E-state index in [0.29, 0.717) is 0 Å². The van der Waals surface area contributed by atoms with Gasteiger partial charge in [0.15, 0.2) is 0 Å². The van der Waals surface area contributed by atoms with Crippen LogP contribution in [0, 0.1) is 0 Å². The van der Waals surface area contributed by atoms with E-state index in [4.69, 9.17) is 10.5 Å². The van der Waals surface area contributed by atoms with Crippen LogP contribution in [-0.2, 0) is 0 Å². The molecule has 0 saturated carbocycles. The molecule has 2 N–H and O–H groups in total. The van der Waals surface area contributed by atoms with Gasteiger partial charge in [-0.15, -0.1) is 0 Å². The monoisotopic (exact) mass is 236 g/mol. The molecule has 1 aromatic carbocycles. The van der Waals surface area contributed by atoms with Gasteiger partial charge < -0.3 is 15.4 Å². The maximum Gasteiger partial charge on any atom is 0.125 e. The van der Waals surface area contributed by atoms with Gasteiger partial charge in [0.05, 0.1) is 7.11 Å². The van der Waals surface area contributed by atoms with Gasteiger partial charge >= 0.3 is 0 Å². The van der Waals surface area contributed by atoms with Crippen LogP contribution in [0.4, 0.5) is 5.69 Å². The van der Waals surface area contributed by atoms with Crippen molar-refractivity contribution >= 4 is 5.69 Å². The summed E-state index contributed by atoms with van der Waals surface area (Å²) in [5.74, 6) is 0.876. The molecule has 1 atom stereocenters. The molecule has 0 radical (unpaired) electrons. The van der Waals surface area contributed by atoms with E-state index in [-0.39, 0.29) is 6.04 Å². The van der Waals surface area contributed by atoms with Crippen LogP contribution in [0.1, 0.15) is 38.3 Å². The fraction of sp³-hybridized carbons (Fsp3) is 0.571. The first kappa shape index (κ1) is 13.8. The summed E-state index contributed by atoms with van der Waals surface area (Å²) >= 11 is 0. The Kier molecular flexibility index (Phi) is 5.29. The lowest BCUT2D eigenvalue weighted by atomic mass is 10.0. The summed E-state index contributed by atoms with van der Waals surface area (Å²) in [7, 11) is 3.80. The van der Waals surface area contributed by atoms with E-state index < -0.39 is 0 Å². The molecule has 96 valence electrons. The fourth-order valence-corrected chi connectivity index (χ4v) is 2.02. The molecule has 0 aliphatic rings. The Morgan fingerprint density at radius 1 is 1.41 bits per heavy atom. The smallest absolute Gasteiger partial charge is 0.125 e. The Morgan fingerprint density at radius 3 is 2.65 bits per heavy atom. The van der Waals surface area contributed by atoms with E-state index in [0.717, 1.165) is 17.9 Å². The van der Waals surface area contributed by atoms with Crippen LogP contribution in [0.15, 0.2) is 18.2 Å². The van der Waals surface area contributed by atoms with Crippen molar-refractivity contribution in [3.63, 3.8) is 0 Å². The lowest BCUT2D eigenvalue weighted by molar-refractivity contribution is 0.407. The molecule has 17 heavy (non-hydrogen) atoms. The fourth-order valence-electron chi connectivity index (χ4n) is 2.02. The number of unbranched alkanes of at least 4 members (excludes halogenated alkanes) is 1. The van der Waals surface area contributed by atoms with Gasteiger partial charge in [-0.2, -0.15) is 0 Å². The number of ether oxygens (including phenoxy) is 1.